The van der Waals surface area contributed by atoms with E-state index in [0.717, 1.165) is 38.4 Å². The molecule has 1 aromatic heterocycles. The summed E-state index contributed by atoms with van der Waals surface area (Å²) in [6, 6.07) is 0. The number of nitrogens with zero attached hydrogens (tertiary/aromatic N) is 3. The first kappa shape index (κ1) is 15.9. The van der Waals surface area contributed by atoms with Crippen molar-refractivity contribution in [3.63, 3.8) is 0 Å². The topological polar surface area (TPSA) is 71.3 Å². The Kier molecular flexibility index (Phi) is 5.73. The largest absolute Gasteiger partial charge is 0.355 e. The molecule has 0 spiro atoms. The van der Waals surface area contributed by atoms with E-state index in [1.807, 2.05) is 0 Å². The number of piperidine rings is 1. The third-order valence-corrected chi connectivity index (χ3v) is 3.81. The molecule has 0 atom stereocenters. The number of hydrogen-bond acceptors (Lipinski definition) is 5. The van der Waals surface area contributed by atoms with Crippen molar-refractivity contribution in [3.8, 4) is 0 Å². The van der Waals surface area contributed by atoms with E-state index in [0.29, 0.717) is 17.6 Å². The van der Waals surface area contributed by atoms with Crippen LogP contribution >= 0.6 is 0 Å². The predicted octanol–water partition coefficient (Wildman–Crippen LogP) is 1.40. The van der Waals surface area contributed by atoms with E-state index in [9.17, 15) is 4.79 Å². The molecular formula is C15H26N4O2. The molecule has 21 heavy (non-hydrogen) atoms. The van der Waals surface area contributed by atoms with Crippen molar-refractivity contribution in [2.75, 3.05) is 26.2 Å². The van der Waals surface area contributed by atoms with Crippen molar-refractivity contribution in [1.82, 2.24) is 20.4 Å². The Morgan fingerprint density at radius 1 is 1.43 bits per heavy atom. The third kappa shape index (κ3) is 5.46. The monoisotopic (exact) mass is 294 g/mol. The quantitative estimate of drug-likeness (QED) is 0.859. The normalized spacial score (nSPS) is 17.3. The standard InChI is InChI=1S/C15H26N4O2/c1-11(2)10-19-6-4-13(5-7-19)9-16-15(20)8-14-17-12(3)21-18-14/h11,13H,4-10H2,1-3H3,(H,16,20). The molecule has 2 heterocycles. The number of nitrogens with one attached hydrogen (secondary N) is 1. The van der Waals surface area contributed by atoms with Gasteiger partial charge < -0.3 is 14.7 Å². The van der Waals surface area contributed by atoms with Crippen molar-refractivity contribution in [1.29, 1.82) is 0 Å². The zero-order valence-electron chi connectivity index (χ0n) is 13.3. The van der Waals surface area contributed by atoms with Gasteiger partial charge >= 0.3 is 0 Å². The van der Waals surface area contributed by atoms with Crippen LogP contribution in [0, 0.1) is 18.8 Å². The summed E-state index contributed by atoms with van der Waals surface area (Å²) >= 11 is 0. The summed E-state index contributed by atoms with van der Waals surface area (Å²) in [5.74, 6) is 2.23. The average molecular weight is 294 g/mol. The number of rotatable bonds is 6. The van der Waals surface area contributed by atoms with E-state index in [1.54, 1.807) is 6.92 Å². The van der Waals surface area contributed by atoms with Crippen LogP contribution in [0.5, 0.6) is 0 Å². The van der Waals surface area contributed by atoms with Gasteiger partial charge in [-0.05, 0) is 37.8 Å². The van der Waals surface area contributed by atoms with Gasteiger partial charge in [0, 0.05) is 20.0 Å². The van der Waals surface area contributed by atoms with Crippen LogP contribution in [-0.2, 0) is 11.2 Å². The van der Waals surface area contributed by atoms with Crippen LogP contribution in [0.2, 0.25) is 0 Å². The average Bonchev–Trinajstić information content (AvgIpc) is 2.83. The Labute approximate surface area is 126 Å². The molecule has 1 amide bonds. The third-order valence-electron chi connectivity index (χ3n) is 3.81. The van der Waals surface area contributed by atoms with E-state index in [4.69, 9.17) is 4.52 Å². The maximum atomic E-state index is 11.8. The van der Waals surface area contributed by atoms with Crippen LogP contribution in [0.15, 0.2) is 4.52 Å². The summed E-state index contributed by atoms with van der Waals surface area (Å²) in [6.07, 6.45) is 2.52. The molecule has 0 aliphatic carbocycles. The Morgan fingerprint density at radius 3 is 2.71 bits per heavy atom. The Morgan fingerprint density at radius 2 is 2.14 bits per heavy atom. The van der Waals surface area contributed by atoms with Crippen LogP contribution in [0.3, 0.4) is 0 Å². The number of aromatic nitrogens is 2. The Bertz CT molecular complexity index is 450. The predicted molar refractivity (Wildman–Crippen MR) is 79.8 cm³/mol. The van der Waals surface area contributed by atoms with Gasteiger partial charge in [0.2, 0.25) is 11.8 Å². The van der Waals surface area contributed by atoms with Crippen molar-refractivity contribution >= 4 is 5.91 Å². The number of carbonyl (C=O) groups excluding carboxylic acids is 1. The van der Waals surface area contributed by atoms with Gasteiger partial charge in [0.1, 0.15) is 0 Å². The zero-order valence-corrected chi connectivity index (χ0v) is 13.3. The van der Waals surface area contributed by atoms with Crippen LogP contribution in [0.1, 0.15) is 38.4 Å². The highest BCUT2D eigenvalue weighted by molar-refractivity contribution is 5.77. The smallest absolute Gasteiger partial charge is 0.227 e. The first-order valence-electron chi connectivity index (χ1n) is 7.81. The summed E-state index contributed by atoms with van der Waals surface area (Å²) < 4.78 is 4.86. The summed E-state index contributed by atoms with van der Waals surface area (Å²) in [6.45, 7) is 10.4. The van der Waals surface area contributed by atoms with E-state index in [1.165, 1.54) is 6.54 Å². The molecule has 118 valence electrons. The lowest BCUT2D eigenvalue weighted by Crippen LogP contribution is -2.40. The SMILES string of the molecule is Cc1nc(CC(=O)NCC2CCN(CC(C)C)CC2)no1. The highest BCUT2D eigenvalue weighted by Gasteiger charge is 2.20. The van der Waals surface area contributed by atoms with Crippen LogP contribution < -0.4 is 5.32 Å². The second-order valence-corrected chi connectivity index (χ2v) is 6.35. The molecule has 1 aliphatic heterocycles. The van der Waals surface area contributed by atoms with E-state index < -0.39 is 0 Å². The van der Waals surface area contributed by atoms with Gasteiger partial charge in [-0.1, -0.05) is 19.0 Å². The Hall–Kier alpha value is -1.43. The van der Waals surface area contributed by atoms with Crippen molar-refractivity contribution in [3.05, 3.63) is 11.7 Å². The molecule has 1 aliphatic rings. The van der Waals surface area contributed by atoms with Crippen LogP contribution in [0.25, 0.3) is 0 Å². The minimum absolute atomic E-state index is 0.0274. The maximum absolute atomic E-state index is 11.8. The van der Waals surface area contributed by atoms with Crippen LogP contribution in [-0.4, -0.2) is 47.1 Å². The zero-order chi connectivity index (χ0) is 15.2. The fourth-order valence-electron chi connectivity index (χ4n) is 2.77. The molecule has 1 aromatic rings. The van der Waals surface area contributed by atoms with Gasteiger partial charge in [0.15, 0.2) is 5.82 Å². The highest BCUT2D eigenvalue weighted by atomic mass is 16.5. The number of aryl methyl sites for hydroxylation is 1. The fourth-order valence-corrected chi connectivity index (χ4v) is 2.77. The van der Waals surface area contributed by atoms with Crippen molar-refractivity contribution in [2.45, 2.75) is 40.0 Å². The first-order valence-corrected chi connectivity index (χ1v) is 7.81. The molecule has 0 aromatic carbocycles. The van der Waals surface area contributed by atoms with Gasteiger partial charge in [-0.2, -0.15) is 4.98 Å². The highest BCUT2D eigenvalue weighted by Crippen LogP contribution is 2.17. The Balaban J connectivity index is 1.64. The van der Waals surface area contributed by atoms with Gasteiger partial charge in [-0.25, -0.2) is 0 Å². The van der Waals surface area contributed by atoms with E-state index in [-0.39, 0.29) is 12.3 Å². The maximum Gasteiger partial charge on any atom is 0.227 e. The summed E-state index contributed by atoms with van der Waals surface area (Å²) in [4.78, 5) is 18.4. The second-order valence-electron chi connectivity index (χ2n) is 6.35. The lowest BCUT2D eigenvalue weighted by atomic mass is 9.96. The molecule has 0 unspecified atom stereocenters. The minimum atomic E-state index is -0.0274. The van der Waals surface area contributed by atoms with Gasteiger partial charge in [-0.15, -0.1) is 0 Å². The van der Waals surface area contributed by atoms with Crippen LogP contribution in [0.4, 0.5) is 0 Å². The lowest BCUT2D eigenvalue weighted by molar-refractivity contribution is -0.120. The van der Waals surface area contributed by atoms with Gasteiger partial charge in [0.25, 0.3) is 0 Å². The minimum Gasteiger partial charge on any atom is -0.355 e. The summed E-state index contributed by atoms with van der Waals surface area (Å²) in [7, 11) is 0. The fraction of sp³-hybridized carbons (Fsp3) is 0.800. The van der Waals surface area contributed by atoms with Crippen molar-refractivity contribution < 1.29 is 9.32 Å². The number of likely N-dealkylation sites (tertiary alicyclic amines) is 1. The molecule has 1 N–H and O–H groups in total. The van der Waals surface area contributed by atoms with Gasteiger partial charge in [0.05, 0.1) is 6.42 Å². The number of hydrogen-bond donors (Lipinski definition) is 1. The summed E-state index contributed by atoms with van der Waals surface area (Å²) in [5.41, 5.74) is 0. The molecule has 2 rings (SSSR count). The molecule has 1 fully saturated rings. The van der Waals surface area contributed by atoms with E-state index >= 15 is 0 Å². The number of carbonyl (C=O) groups is 1. The molecule has 1 saturated heterocycles. The van der Waals surface area contributed by atoms with Crippen molar-refractivity contribution in [2.24, 2.45) is 11.8 Å². The number of amides is 1. The molecule has 6 nitrogen and oxygen atoms in total. The second kappa shape index (κ2) is 7.54. The molecule has 0 saturated carbocycles. The molecule has 6 heteroatoms. The first-order chi connectivity index (χ1) is 10.0. The van der Waals surface area contributed by atoms with E-state index in [2.05, 4.69) is 34.2 Å². The molecular weight excluding hydrogens is 268 g/mol. The summed E-state index contributed by atoms with van der Waals surface area (Å²) in [5, 5.41) is 6.72. The molecule has 0 radical (unpaired) electrons. The van der Waals surface area contributed by atoms with Gasteiger partial charge in [-0.3, -0.25) is 4.79 Å². The lowest BCUT2D eigenvalue weighted by Gasteiger charge is -2.33. The molecule has 0 bridgehead atoms.